The maximum absolute atomic E-state index is 12.2. The molecule has 2 unspecified atom stereocenters. The average molecular weight is 345 g/mol. The molecular formula is C19H27N3O3. The molecular weight excluding hydrogens is 318 g/mol. The number of carbonyl (C=O) groups is 2. The second-order valence-electron chi connectivity index (χ2n) is 7.05. The van der Waals surface area contributed by atoms with Gasteiger partial charge in [0.05, 0.1) is 13.2 Å². The fourth-order valence-corrected chi connectivity index (χ4v) is 3.61. The standard InChI is InChI=1S/C19H27N3O3/c1-14-4-2-5-15(12-14)20-18(23)19(24)21-16-6-3-7-17(13-16)22-8-10-25-11-9-22/h3,6-7,13-15H,2,4-5,8-12H2,1H3,(H,20,23)(H,21,24). The molecule has 0 bridgehead atoms. The van der Waals surface area contributed by atoms with Crippen LogP contribution in [0.2, 0.25) is 0 Å². The second-order valence-corrected chi connectivity index (χ2v) is 7.05. The van der Waals surface area contributed by atoms with Gasteiger partial charge in [0, 0.05) is 30.5 Å². The van der Waals surface area contributed by atoms with Crippen LogP contribution in [-0.4, -0.2) is 44.2 Å². The minimum Gasteiger partial charge on any atom is -0.378 e. The number of nitrogens with one attached hydrogen (secondary N) is 2. The molecule has 1 aliphatic heterocycles. The molecule has 136 valence electrons. The van der Waals surface area contributed by atoms with Gasteiger partial charge in [0.15, 0.2) is 0 Å². The third-order valence-corrected chi connectivity index (χ3v) is 4.96. The quantitative estimate of drug-likeness (QED) is 0.824. The first-order valence-corrected chi connectivity index (χ1v) is 9.16. The van der Waals surface area contributed by atoms with Crippen LogP contribution in [0.25, 0.3) is 0 Å². The summed E-state index contributed by atoms with van der Waals surface area (Å²) in [5, 5.41) is 5.58. The van der Waals surface area contributed by atoms with E-state index in [0.717, 1.165) is 38.0 Å². The average Bonchev–Trinajstić information content (AvgIpc) is 2.62. The molecule has 25 heavy (non-hydrogen) atoms. The molecule has 1 aromatic rings. The summed E-state index contributed by atoms with van der Waals surface area (Å²) in [4.78, 5) is 26.6. The molecule has 1 saturated heterocycles. The van der Waals surface area contributed by atoms with Crippen molar-refractivity contribution in [3.63, 3.8) is 0 Å². The van der Waals surface area contributed by atoms with Crippen LogP contribution in [0.1, 0.15) is 32.6 Å². The topological polar surface area (TPSA) is 70.7 Å². The van der Waals surface area contributed by atoms with Crippen LogP contribution in [-0.2, 0) is 14.3 Å². The second kappa shape index (κ2) is 8.34. The van der Waals surface area contributed by atoms with E-state index in [1.807, 2.05) is 18.2 Å². The Balaban J connectivity index is 1.55. The van der Waals surface area contributed by atoms with Gasteiger partial charge in [0.1, 0.15) is 0 Å². The van der Waals surface area contributed by atoms with E-state index in [-0.39, 0.29) is 6.04 Å². The zero-order chi connectivity index (χ0) is 17.6. The van der Waals surface area contributed by atoms with E-state index in [4.69, 9.17) is 4.74 Å². The molecule has 3 rings (SSSR count). The lowest BCUT2D eigenvalue weighted by molar-refractivity contribution is -0.136. The zero-order valence-corrected chi connectivity index (χ0v) is 14.8. The van der Waals surface area contributed by atoms with Gasteiger partial charge in [-0.25, -0.2) is 0 Å². The highest BCUT2D eigenvalue weighted by Crippen LogP contribution is 2.23. The maximum atomic E-state index is 12.2. The summed E-state index contributed by atoms with van der Waals surface area (Å²) in [5.41, 5.74) is 1.67. The number of ether oxygens (including phenoxy) is 1. The van der Waals surface area contributed by atoms with E-state index < -0.39 is 11.8 Å². The molecule has 6 nitrogen and oxygen atoms in total. The number of amides is 2. The SMILES string of the molecule is CC1CCCC(NC(=O)C(=O)Nc2cccc(N3CCOCC3)c2)C1. The fourth-order valence-electron chi connectivity index (χ4n) is 3.61. The molecule has 2 N–H and O–H groups in total. The third-order valence-electron chi connectivity index (χ3n) is 4.96. The molecule has 2 aliphatic rings. The Bertz CT molecular complexity index is 614. The molecule has 6 heteroatoms. The Kier molecular flexibility index (Phi) is 5.91. The summed E-state index contributed by atoms with van der Waals surface area (Å²) in [7, 11) is 0. The van der Waals surface area contributed by atoms with E-state index >= 15 is 0 Å². The summed E-state index contributed by atoms with van der Waals surface area (Å²) < 4.78 is 5.36. The van der Waals surface area contributed by atoms with Crippen LogP contribution in [0.4, 0.5) is 11.4 Å². The van der Waals surface area contributed by atoms with Crippen molar-refractivity contribution < 1.29 is 14.3 Å². The van der Waals surface area contributed by atoms with Crippen LogP contribution in [0, 0.1) is 5.92 Å². The number of hydrogen-bond acceptors (Lipinski definition) is 4. The van der Waals surface area contributed by atoms with Gasteiger partial charge in [0.25, 0.3) is 0 Å². The van der Waals surface area contributed by atoms with Gasteiger partial charge in [-0.05, 0) is 37.0 Å². The van der Waals surface area contributed by atoms with Gasteiger partial charge in [-0.1, -0.05) is 25.8 Å². The first-order chi connectivity index (χ1) is 12.1. The Morgan fingerprint density at radius 1 is 1.16 bits per heavy atom. The van der Waals surface area contributed by atoms with Crippen LogP contribution in [0.15, 0.2) is 24.3 Å². The van der Waals surface area contributed by atoms with Crippen LogP contribution in [0.5, 0.6) is 0 Å². The largest absolute Gasteiger partial charge is 0.378 e. The van der Waals surface area contributed by atoms with Gasteiger partial charge >= 0.3 is 11.8 Å². The van der Waals surface area contributed by atoms with Gasteiger partial charge < -0.3 is 20.3 Å². The van der Waals surface area contributed by atoms with Gasteiger partial charge in [0.2, 0.25) is 0 Å². The monoisotopic (exact) mass is 345 g/mol. The lowest BCUT2D eigenvalue weighted by atomic mass is 9.87. The highest BCUT2D eigenvalue weighted by Gasteiger charge is 2.23. The number of morpholine rings is 1. The van der Waals surface area contributed by atoms with Crippen LogP contribution < -0.4 is 15.5 Å². The lowest BCUT2D eigenvalue weighted by Gasteiger charge is -2.29. The highest BCUT2D eigenvalue weighted by molar-refractivity contribution is 6.39. The van der Waals surface area contributed by atoms with Crippen molar-refractivity contribution in [1.82, 2.24) is 5.32 Å². The number of rotatable bonds is 3. The van der Waals surface area contributed by atoms with Crippen molar-refractivity contribution in [3.05, 3.63) is 24.3 Å². The van der Waals surface area contributed by atoms with Crippen LogP contribution >= 0.6 is 0 Å². The normalized spacial score (nSPS) is 23.8. The van der Waals surface area contributed by atoms with E-state index in [1.54, 1.807) is 6.07 Å². The van der Waals surface area contributed by atoms with Crippen molar-refractivity contribution in [3.8, 4) is 0 Å². The van der Waals surface area contributed by atoms with Gasteiger partial charge in [-0.2, -0.15) is 0 Å². The third kappa shape index (κ3) is 4.95. The van der Waals surface area contributed by atoms with Crippen molar-refractivity contribution in [2.45, 2.75) is 38.6 Å². The van der Waals surface area contributed by atoms with Crippen molar-refractivity contribution in [1.29, 1.82) is 0 Å². The number of nitrogens with zero attached hydrogens (tertiary/aromatic N) is 1. The molecule has 1 aromatic carbocycles. The molecule has 1 aliphatic carbocycles. The molecule has 2 atom stereocenters. The Labute approximate surface area is 148 Å². The van der Waals surface area contributed by atoms with Crippen molar-refractivity contribution in [2.75, 3.05) is 36.5 Å². The first kappa shape index (κ1) is 17.7. The van der Waals surface area contributed by atoms with Gasteiger partial charge in [-0.15, -0.1) is 0 Å². The Morgan fingerprint density at radius 2 is 1.96 bits per heavy atom. The Hall–Kier alpha value is -2.08. The number of benzene rings is 1. The number of anilines is 2. The molecule has 0 spiro atoms. The molecule has 2 amide bonds. The van der Waals surface area contributed by atoms with E-state index in [2.05, 4.69) is 22.5 Å². The molecule has 0 radical (unpaired) electrons. The maximum Gasteiger partial charge on any atom is 0.313 e. The fraction of sp³-hybridized carbons (Fsp3) is 0.579. The zero-order valence-electron chi connectivity index (χ0n) is 14.8. The molecule has 1 saturated carbocycles. The van der Waals surface area contributed by atoms with Crippen molar-refractivity contribution in [2.24, 2.45) is 5.92 Å². The molecule has 0 aromatic heterocycles. The predicted molar refractivity (Wildman–Crippen MR) is 97.7 cm³/mol. The van der Waals surface area contributed by atoms with Crippen LogP contribution in [0.3, 0.4) is 0 Å². The van der Waals surface area contributed by atoms with Crippen molar-refractivity contribution >= 4 is 23.2 Å². The van der Waals surface area contributed by atoms with Gasteiger partial charge in [-0.3, -0.25) is 9.59 Å². The smallest absolute Gasteiger partial charge is 0.313 e. The molecule has 2 fully saturated rings. The Morgan fingerprint density at radius 3 is 2.72 bits per heavy atom. The molecule has 1 heterocycles. The summed E-state index contributed by atoms with van der Waals surface area (Å²) in [6.07, 6.45) is 4.21. The summed E-state index contributed by atoms with van der Waals surface area (Å²) in [6, 6.07) is 7.71. The number of hydrogen-bond donors (Lipinski definition) is 2. The minimum absolute atomic E-state index is 0.113. The van der Waals surface area contributed by atoms with E-state index in [0.29, 0.717) is 24.8 Å². The van der Waals surface area contributed by atoms with E-state index in [1.165, 1.54) is 6.42 Å². The predicted octanol–water partition coefficient (Wildman–Crippen LogP) is 2.16. The first-order valence-electron chi connectivity index (χ1n) is 9.16. The lowest BCUT2D eigenvalue weighted by Crippen LogP contribution is -2.43. The number of carbonyl (C=O) groups excluding carboxylic acids is 2. The highest BCUT2D eigenvalue weighted by atomic mass is 16.5. The summed E-state index contributed by atoms with van der Waals surface area (Å²) in [6.45, 7) is 5.27. The summed E-state index contributed by atoms with van der Waals surface area (Å²) in [5.74, 6) is -0.541. The minimum atomic E-state index is -0.600. The van der Waals surface area contributed by atoms with E-state index in [9.17, 15) is 9.59 Å². The summed E-state index contributed by atoms with van der Waals surface area (Å²) >= 11 is 0.